The molecule has 1 atom stereocenters. The van der Waals surface area contributed by atoms with Crippen LogP contribution in [0.4, 0.5) is 0 Å². The van der Waals surface area contributed by atoms with Crippen molar-refractivity contribution in [3.8, 4) is 5.69 Å². The molecule has 2 heterocycles. The zero-order valence-corrected chi connectivity index (χ0v) is 14.8. The summed E-state index contributed by atoms with van der Waals surface area (Å²) < 4.78 is 3.57. The summed E-state index contributed by atoms with van der Waals surface area (Å²) in [6.45, 7) is 0.276. The summed E-state index contributed by atoms with van der Waals surface area (Å²) in [5.41, 5.74) is 0.862. The SMILES string of the molecule is CSCCC(C(=O)NCc1nnnn1-c1ccccc1)n1cccc1. The summed E-state index contributed by atoms with van der Waals surface area (Å²) in [4.78, 5) is 12.7. The van der Waals surface area contributed by atoms with E-state index in [2.05, 4.69) is 20.8 Å². The third-order valence-electron chi connectivity index (χ3n) is 3.84. The number of aromatic nitrogens is 5. The molecule has 1 unspecified atom stereocenters. The van der Waals surface area contributed by atoms with Gasteiger partial charge >= 0.3 is 0 Å². The van der Waals surface area contributed by atoms with Gasteiger partial charge in [0.2, 0.25) is 5.91 Å². The smallest absolute Gasteiger partial charge is 0.243 e. The first-order valence-electron chi connectivity index (χ1n) is 8.01. The molecular weight excluding hydrogens is 336 g/mol. The Morgan fingerprint density at radius 2 is 1.96 bits per heavy atom. The molecule has 0 aliphatic heterocycles. The largest absolute Gasteiger partial charge is 0.347 e. The summed E-state index contributed by atoms with van der Waals surface area (Å²) >= 11 is 1.73. The summed E-state index contributed by atoms with van der Waals surface area (Å²) in [5, 5.41) is 14.7. The average Bonchev–Trinajstić information content (AvgIpc) is 3.33. The molecule has 0 radical (unpaired) electrons. The molecule has 8 heteroatoms. The van der Waals surface area contributed by atoms with Gasteiger partial charge in [0.05, 0.1) is 12.2 Å². The van der Waals surface area contributed by atoms with E-state index < -0.39 is 0 Å². The zero-order chi connectivity index (χ0) is 17.5. The van der Waals surface area contributed by atoms with Gasteiger partial charge in [0.25, 0.3) is 0 Å². The van der Waals surface area contributed by atoms with Gasteiger partial charge in [-0.15, -0.1) is 5.10 Å². The topological polar surface area (TPSA) is 77.6 Å². The van der Waals surface area contributed by atoms with Crippen molar-refractivity contribution in [2.24, 2.45) is 0 Å². The van der Waals surface area contributed by atoms with Crippen LogP contribution >= 0.6 is 11.8 Å². The van der Waals surface area contributed by atoms with Gasteiger partial charge in [0, 0.05) is 12.4 Å². The summed E-state index contributed by atoms with van der Waals surface area (Å²) in [6, 6.07) is 13.2. The van der Waals surface area contributed by atoms with Gasteiger partial charge in [-0.3, -0.25) is 4.79 Å². The fourth-order valence-electron chi connectivity index (χ4n) is 2.57. The molecule has 0 saturated carbocycles. The van der Waals surface area contributed by atoms with Crippen LogP contribution in [0, 0.1) is 0 Å². The van der Waals surface area contributed by atoms with E-state index in [0.29, 0.717) is 5.82 Å². The summed E-state index contributed by atoms with van der Waals surface area (Å²) in [5.74, 6) is 1.47. The Morgan fingerprint density at radius 3 is 2.68 bits per heavy atom. The Hall–Kier alpha value is -2.61. The van der Waals surface area contributed by atoms with Gasteiger partial charge in [-0.25, -0.2) is 0 Å². The predicted octanol–water partition coefficient (Wildman–Crippen LogP) is 2.07. The lowest BCUT2D eigenvalue weighted by molar-refractivity contribution is -0.124. The van der Waals surface area contributed by atoms with Crippen LogP contribution in [-0.4, -0.2) is 42.7 Å². The molecule has 25 heavy (non-hydrogen) atoms. The normalized spacial score (nSPS) is 12.0. The van der Waals surface area contributed by atoms with Crippen molar-refractivity contribution < 1.29 is 4.79 Å². The molecule has 1 aromatic carbocycles. The minimum absolute atomic E-state index is 0.0344. The minimum atomic E-state index is -0.233. The molecule has 7 nitrogen and oxygen atoms in total. The van der Waals surface area contributed by atoms with E-state index >= 15 is 0 Å². The molecule has 3 rings (SSSR count). The van der Waals surface area contributed by atoms with Crippen molar-refractivity contribution in [2.75, 3.05) is 12.0 Å². The monoisotopic (exact) mass is 356 g/mol. The molecule has 0 bridgehead atoms. The molecule has 1 amide bonds. The van der Waals surface area contributed by atoms with Gasteiger partial charge in [-0.2, -0.15) is 16.4 Å². The quantitative estimate of drug-likeness (QED) is 0.669. The van der Waals surface area contributed by atoms with Crippen molar-refractivity contribution >= 4 is 17.7 Å². The third kappa shape index (κ3) is 4.27. The highest BCUT2D eigenvalue weighted by Gasteiger charge is 2.20. The number of para-hydroxylation sites is 1. The van der Waals surface area contributed by atoms with Crippen molar-refractivity contribution in [3.05, 3.63) is 60.7 Å². The summed E-state index contributed by atoms with van der Waals surface area (Å²) in [6.07, 6.45) is 6.64. The van der Waals surface area contributed by atoms with E-state index in [4.69, 9.17) is 0 Å². The van der Waals surface area contributed by atoms with Gasteiger partial charge in [0.15, 0.2) is 5.82 Å². The molecule has 0 saturated heterocycles. The highest BCUT2D eigenvalue weighted by molar-refractivity contribution is 7.98. The number of carbonyl (C=O) groups is 1. The second-order valence-corrected chi connectivity index (χ2v) is 6.47. The highest BCUT2D eigenvalue weighted by atomic mass is 32.2. The third-order valence-corrected chi connectivity index (χ3v) is 4.48. The number of thioether (sulfide) groups is 1. The van der Waals surface area contributed by atoms with Crippen molar-refractivity contribution in [3.63, 3.8) is 0 Å². The number of carbonyl (C=O) groups excluding carboxylic acids is 1. The first-order valence-corrected chi connectivity index (χ1v) is 9.41. The van der Waals surface area contributed by atoms with Crippen LogP contribution in [0.15, 0.2) is 54.9 Å². The summed E-state index contributed by atoms with van der Waals surface area (Å²) in [7, 11) is 0. The highest BCUT2D eigenvalue weighted by Crippen LogP contribution is 2.15. The maximum absolute atomic E-state index is 12.7. The fraction of sp³-hybridized carbons (Fsp3) is 0.294. The van der Waals surface area contributed by atoms with E-state index in [-0.39, 0.29) is 18.5 Å². The number of rotatable bonds is 8. The number of benzene rings is 1. The molecule has 0 fully saturated rings. The van der Waals surface area contributed by atoms with Gasteiger partial charge < -0.3 is 9.88 Å². The van der Waals surface area contributed by atoms with E-state index in [1.807, 2.05) is 65.7 Å². The molecule has 2 aromatic heterocycles. The molecular formula is C17H20N6OS. The second kappa shape index (κ2) is 8.48. The predicted molar refractivity (Wildman–Crippen MR) is 97.5 cm³/mol. The van der Waals surface area contributed by atoms with Crippen LogP contribution in [0.25, 0.3) is 5.69 Å². The fourth-order valence-corrected chi connectivity index (χ4v) is 3.03. The maximum Gasteiger partial charge on any atom is 0.243 e. The number of nitrogens with one attached hydrogen (secondary N) is 1. The number of hydrogen-bond acceptors (Lipinski definition) is 5. The van der Waals surface area contributed by atoms with E-state index in [9.17, 15) is 4.79 Å². The molecule has 0 spiro atoms. The van der Waals surface area contributed by atoms with Gasteiger partial charge in [-0.1, -0.05) is 18.2 Å². The van der Waals surface area contributed by atoms with E-state index in [1.54, 1.807) is 16.4 Å². The Morgan fingerprint density at radius 1 is 1.20 bits per heavy atom. The standard InChI is InChI=1S/C17H20N6OS/c1-25-12-9-15(22-10-5-6-11-22)17(24)18-13-16-19-20-21-23(16)14-7-3-2-4-8-14/h2-8,10-11,15H,9,12-13H2,1H3,(H,18,24). The molecule has 3 aromatic rings. The van der Waals surface area contributed by atoms with Crippen LogP contribution in [0.5, 0.6) is 0 Å². The van der Waals surface area contributed by atoms with Crippen LogP contribution in [0.3, 0.4) is 0 Å². The maximum atomic E-state index is 12.7. The van der Waals surface area contributed by atoms with Crippen LogP contribution < -0.4 is 5.32 Å². The Balaban J connectivity index is 1.68. The van der Waals surface area contributed by atoms with Crippen LogP contribution in [-0.2, 0) is 11.3 Å². The average molecular weight is 356 g/mol. The van der Waals surface area contributed by atoms with Gasteiger partial charge in [0.1, 0.15) is 6.04 Å². The van der Waals surface area contributed by atoms with E-state index in [1.165, 1.54) is 0 Å². The molecule has 1 N–H and O–H groups in total. The Labute approximate surface area is 150 Å². The first-order chi connectivity index (χ1) is 12.3. The number of hydrogen-bond donors (Lipinski definition) is 1. The number of nitrogens with zero attached hydrogens (tertiary/aromatic N) is 5. The van der Waals surface area contributed by atoms with Gasteiger partial charge in [-0.05, 0) is 53.1 Å². The lowest BCUT2D eigenvalue weighted by Crippen LogP contribution is -2.33. The van der Waals surface area contributed by atoms with E-state index in [0.717, 1.165) is 17.9 Å². The molecule has 0 aliphatic carbocycles. The van der Waals surface area contributed by atoms with Crippen molar-refractivity contribution in [1.29, 1.82) is 0 Å². The lowest BCUT2D eigenvalue weighted by atomic mass is 10.2. The first kappa shape index (κ1) is 17.2. The lowest BCUT2D eigenvalue weighted by Gasteiger charge is -2.18. The Kier molecular flexibility index (Phi) is 5.84. The van der Waals surface area contributed by atoms with Crippen LogP contribution in [0.1, 0.15) is 18.3 Å². The van der Waals surface area contributed by atoms with Crippen molar-refractivity contribution in [1.82, 2.24) is 30.1 Å². The van der Waals surface area contributed by atoms with Crippen LogP contribution in [0.2, 0.25) is 0 Å². The molecule has 0 aliphatic rings. The number of tetrazole rings is 1. The number of amides is 1. The zero-order valence-electron chi connectivity index (χ0n) is 13.9. The second-order valence-electron chi connectivity index (χ2n) is 5.49. The Bertz CT molecular complexity index is 787. The van der Waals surface area contributed by atoms with Crippen molar-refractivity contribution in [2.45, 2.75) is 19.0 Å². The minimum Gasteiger partial charge on any atom is -0.347 e. The molecule has 130 valence electrons.